The zero-order chi connectivity index (χ0) is 9.97. The monoisotopic (exact) mass is 209 g/mol. The highest BCUT2D eigenvalue weighted by atomic mass is 35.5. The standard InChI is InChI=1S/C9H8ClN3O/c1-14-8-4-2-3-7(5-8)13-9(10)6-11-12-13/h2-6H,1H3. The van der Waals surface area contributed by atoms with Gasteiger partial charge in [0.15, 0.2) is 5.15 Å². The average molecular weight is 210 g/mol. The second-order valence-corrected chi connectivity index (χ2v) is 3.06. The van der Waals surface area contributed by atoms with Gasteiger partial charge in [0.1, 0.15) is 5.75 Å². The molecule has 5 heteroatoms. The van der Waals surface area contributed by atoms with Crippen LogP contribution in [0.25, 0.3) is 5.69 Å². The predicted octanol–water partition coefficient (Wildman–Crippen LogP) is 1.93. The summed E-state index contributed by atoms with van der Waals surface area (Å²) in [4.78, 5) is 0. The summed E-state index contributed by atoms with van der Waals surface area (Å²) < 4.78 is 6.62. The predicted molar refractivity (Wildman–Crippen MR) is 52.9 cm³/mol. The first-order chi connectivity index (χ1) is 6.81. The van der Waals surface area contributed by atoms with Gasteiger partial charge < -0.3 is 4.74 Å². The number of hydrogen-bond acceptors (Lipinski definition) is 3. The summed E-state index contributed by atoms with van der Waals surface area (Å²) in [5, 5.41) is 8.00. The number of aromatic nitrogens is 3. The summed E-state index contributed by atoms with van der Waals surface area (Å²) in [5.74, 6) is 0.758. The molecule has 2 aromatic rings. The van der Waals surface area contributed by atoms with Crippen LogP contribution in [0.2, 0.25) is 5.15 Å². The quantitative estimate of drug-likeness (QED) is 0.759. The van der Waals surface area contributed by atoms with E-state index in [1.807, 2.05) is 24.3 Å². The van der Waals surface area contributed by atoms with Crippen molar-refractivity contribution in [1.29, 1.82) is 0 Å². The summed E-state index contributed by atoms with van der Waals surface area (Å²) in [5.41, 5.74) is 0.826. The molecule has 0 saturated carbocycles. The highest BCUT2D eigenvalue weighted by Crippen LogP contribution is 2.18. The molecule has 0 fully saturated rings. The lowest BCUT2D eigenvalue weighted by molar-refractivity contribution is 0.414. The second kappa shape index (κ2) is 3.67. The third-order valence-corrected chi connectivity index (χ3v) is 2.06. The lowest BCUT2D eigenvalue weighted by Gasteiger charge is -2.03. The number of rotatable bonds is 2. The molecule has 0 aliphatic rings. The van der Waals surface area contributed by atoms with E-state index in [1.54, 1.807) is 7.11 Å². The third-order valence-electron chi connectivity index (χ3n) is 1.81. The van der Waals surface area contributed by atoms with Crippen LogP contribution in [0.3, 0.4) is 0 Å². The Balaban J connectivity index is 2.47. The van der Waals surface area contributed by atoms with Crippen LogP contribution >= 0.6 is 11.6 Å². The summed E-state index contributed by atoms with van der Waals surface area (Å²) in [6.07, 6.45) is 1.49. The van der Waals surface area contributed by atoms with Gasteiger partial charge in [-0.05, 0) is 12.1 Å². The van der Waals surface area contributed by atoms with E-state index in [0.29, 0.717) is 5.15 Å². The summed E-state index contributed by atoms with van der Waals surface area (Å²) in [6, 6.07) is 7.43. The number of nitrogens with zero attached hydrogens (tertiary/aromatic N) is 3. The van der Waals surface area contributed by atoms with Gasteiger partial charge in [0.25, 0.3) is 0 Å². The largest absolute Gasteiger partial charge is 0.497 e. The van der Waals surface area contributed by atoms with Crippen LogP contribution in [0.1, 0.15) is 0 Å². The highest BCUT2D eigenvalue weighted by Gasteiger charge is 2.03. The minimum absolute atomic E-state index is 0.471. The maximum absolute atomic E-state index is 5.87. The molecule has 2 rings (SSSR count). The minimum Gasteiger partial charge on any atom is -0.497 e. The van der Waals surface area contributed by atoms with Gasteiger partial charge in [0, 0.05) is 6.07 Å². The SMILES string of the molecule is COc1cccc(-n2nncc2Cl)c1. The molecule has 0 N–H and O–H groups in total. The number of methoxy groups -OCH3 is 1. The maximum Gasteiger partial charge on any atom is 0.153 e. The van der Waals surface area contributed by atoms with Crippen molar-refractivity contribution in [2.24, 2.45) is 0 Å². The van der Waals surface area contributed by atoms with Crippen LogP contribution in [0.5, 0.6) is 5.75 Å². The van der Waals surface area contributed by atoms with Crippen molar-refractivity contribution in [2.45, 2.75) is 0 Å². The average Bonchev–Trinajstić information content (AvgIpc) is 2.65. The van der Waals surface area contributed by atoms with Gasteiger partial charge in [-0.2, -0.15) is 0 Å². The maximum atomic E-state index is 5.87. The van der Waals surface area contributed by atoms with Crippen molar-refractivity contribution in [3.05, 3.63) is 35.6 Å². The van der Waals surface area contributed by atoms with Gasteiger partial charge in [0.05, 0.1) is 19.0 Å². The zero-order valence-electron chi connectivity index (χ0n) is 7.51. The topological polar surface area (TPSA) is 39.9 Å². The molecule has 0 aliphatic heterocycles. The van der Waals surface area contributed by atoms with Gasteiger partial charge in [-0.1, -0.05) is 22.9 Å². The first-order valence-electron chi connectivity index (χ1n) is 4.02. The van der Waals surface area contributed by atoms with E-state index in [9.17, 15) is 0 Å². The molecule has 1 aromatic carbocycles. The van der Waals surface area contributed by atoms with Crippen molar-refractivity contribution in [1.82, 2.24) is 15.0 Å². The summed E-state index contributed by atoms with van der Waals surface area (Å²) >= 11 is 5.87. The van der Waals surface area contributed by atoms with E-state index < -0.39 is 0 Å². The molecular formula is C9H8ClN3O. The fraction of sp³-hybridized carbons (Fsp3) is 0.111. The summed E-state index contributed by atoms with van der Waals surface area (Å²) in [6.45, 7) is 0. The smallest absolute Gasteiger partial charge is 0.153 e. The van der Waals surface area contributed by atoms with Gasteiger partial charge in [-0.15, -0.1) is 5.10 Å². The van der Waals surface area contributed by atoms with E-state index in [1.165, 1.54) is 10.9 Å². The Labute approximate surface area is 86.1 Å². The van der Waals surface area contributed by atoms with Crippen molar-refractivity contribution >= 4 is 11.6 Å². The number of benzene rings is 1. The minimum atomic E-state index is 0.471. The van der Waals surface area contributed by atoms with Gasteiger partial charge in [0.2, 0.25) is 0 Å². The molecule has 1 aromatic heterocycles. The molecule has 0 saturated heterocycles. The van der Waals surface area contributed by atoms with Crippen LogP contribution in [0, 0.1) is 0 Å². The van der Waals surface area contributed by atoms with E-state index in [2.05, 4.69) is 10.3 Å². The number of ether oxygens (including phenoxy) is 1. The molecule has 14 heavy (non-hydrogen) atoms. The van der Waals surface area contributed by atoms with Crippen molar-refractivity contribution in [2.75, 3.05) is 7.11 Å². The van der Waals surface area contributed by atoms with E-state index in [-0.39, 0.29) is 0 Å². The number of hydrogen-bond donors (Lipinski definition) is 0. The fourth-order valence-corrected chi connectivity index (χ4v) is 1.31. The first-order valence-corrected chi connectivity index (χ1v) is 4.39. The van der Waals surface area contributed by atoms with Gasteiger partial charge in [-0.3, -0.25) is 0 Å². The Morgan fingerprint density at radius 2 is 2.29 bits per heavy atom. The van der Waals surface area contributed by atoms with E-state index in [4.69, 9.17) is 16.3 Å². The van der Waals surface area contributed by atoms with Crippen LogP contribution in [-0.4, -0.2) is 22.1 Å². The molecule has 4 nitrogen and oxygen atoms in total. The van der Waals surface area contributed by atoms with Gasteiger partial charge in [-0.25, -0.2) is 4.68 Å². The zero-order valence-corrected chi connectivity index (χ0v) is 8.27. The molecule has 0 atom stereocenters. The van der Waals surface area contributed by atoms with Crippen LogP contribution < -0.4 is 4.74 Å². The molecule has 0 spiro atoms. The molecular weight excluding hydrogens is 202 g/mol. The third kappa shape index (κ3) is 1.56. The number of halogens is 1. The molecule has 0 amide bonds. The summed E-state index contributed by atoms with van der Waals surface area (Å²) in [7, 11) is 1.61. The van der Waals surface area contributed by atoms with Crippen molar-refractivity contribution in [3.63, 3.8) is 0 Å². The molecule has 0 bridgehead atoms. The lowest BCUT2D eigenvalue weighted by Crippen LogP contribution is -1.97. The van der Waals surface area contributed by atoms with Crippen molar-refractivity contribution in [3.8, 4) is 11.4 Å². The Morgan fingerprint density at radius 1 is 1.43 bits per heavy atom. The Hall–Kier alpha value is -1.55. The van der Waals surface area contributed by atoms with Crippen molar-refractivity contribution < 1.29 is 4.74 Å². The lowest BCUT2D eigenvalue weighted by atomic mass is 10.3. The highest BCUT2D eigenvalue weighted by molar-refractivity contribution is 6.29. The molecule has 0 aliphatic carbocycles. The molecule has 72 valence electrons. The van der Waals surface area contributed by atoms with Crippen LogP contribution in [0.15, 0.2) is 30.5 Å². The fourth-order valence-electron chi connectivity index (χ4n) is 1.14. The van der Waals surface area contributed by atoms with Crippen LogP contribution in [0.4, 0.5) is 0 Å². The van der Waals surface area contributed by atoms with E-state index in [0.717, 1.165) is 11.4 Å². The van der Waals surface area contributed by atoms with Gasteiger partial charge >= 0.3 is 0 Å². The second-order valence-electron chi connectivity index (χ2n) is 2.67. The van der Waals surface area contributed by atoms with Crippen LogP contribution in [-0.2, 0) is 0 Å². The Kier molecular flexibility index (Phi) is 2.37. The first kappa shape index (κ1) is 9.02. The normalized spacial score (nSPS) is 10.1. The van der Waals surface area contributed by atoms with E-state index >= 15 is 0 Å². The Morgan fingerprint density at radius 3 is 2.93 bits per heavy atom. The molecule has 1 heterocycles. The molecule has 0 radical (unpaired) electrons. The molecule has 0 unspecified atom stereocenters. The Bertz CT molecular complexity index is 441.